The number of amides is 1. The van der Waals surface area contributed by atoms with Crippen molar-refractivity contribution in [2.24, 2.45) is 13.0 Å². The molecule has 1 amide bonds. The zero-order valence-electron chi connectivity index (χ0n) is 18.3. The maximum Gasteiger partial charge on any atom is 0.272 e. The Bertz CT molecular complexity index is 932. The first kappa shape index (κ1) is 20.2. The van der Waals surface area contributed by atoms with Gasteiger partial charge in [-0.05, 0) is 43.9 Å². The van der Waals surface area contributed by atoms with Gasteiger partial charge >= 0.3 is 0 Å². The van der Waals surface area contributed by atoms with E-state index >= 15 is 0 Å². The van der Waals surface area contributed by atoms with Crippen molar-refractivity contribution in [3.8, 4) is 0 Å². The summed E-state index contributed by atoms with van der Waals surface area (Å²) in [6.07, 6.45) is 6.03. The van der Waals surface area contributed by atoms with E-state index in [1.54, 1.807) is 21.8 Å². The standard InChI is InChI=1S/C23H32N4O2S/c1-4-18-11-19-21(30-18)6-10-29-23(19)7-9-26(16(2)12-23)13-17-14-27(15-17)22(28)20-5-8-24-25(20)3/h5,8,11,16-17H,4,6-7,9-10,12-15H2,1-3H3/t16?,23-/m1/s1. The zero-order valence-corrected chi connectivity index (χ0v) is 19.1. The monoisotopic (exact) mass is 428 g/mol. The van der Waals surface area contributed by atoms with Crippen molar-refractivity contribution in [2.75, 3.05) is 32.8 Å². The smallest absolute Gasteiger partial charge is 0.272 e. The van der Waals surface area contributed by atoms with Crippen molar-refractivity contribution in [3.63, 3.8) is 0 Å². The number of carbonyl (C=O) groups excluding carboxylic acids is 1. The molecule has 3 aliphatic rings. The Kier molecular flexibility index (Phi) is 5.24. The van der Waals surface area contributed by atoms with E-state index in [0.29, 0.717) is 17.7 Å². The first-order valence-corrected chi connectivity index (χ1v) is 12.1. The van der Waals surface area contributed by atoms with E-state index in [1.165, 1.54) is 10.4 Å². The van der Waals surface area contributed by atoms with Gasteiger partial charge in [0.1, 0.15) is 5.69 Å². The second kappa shape index (κ2) is 7.77. The average Bonchev–Trinajstić information content (AvgIpc) is 3.32. The minimum atomic E-state index is -0.0748. The SMILES string of the molecule is CCc1cc2c(s1)CCO[C@@]21CCN(CC2CN(C(=O)c3ccnn3C)C2)C(C)C1. The van der Waals surface area contributed by atoms with E-state index in [4.69, 9.17) is 4.74 Å². The zero-order chi connectivity index (χ0) is 20.9. The predicted molar refractivity (Wildman–Crippen MR) is 118 cm³/mol. The molecule has 6 nitrogen and oxygen atoms in total. The van der Waals surface area contributed by atoms with Gasteiger partial charge in [-0.25, -0.2) is 0 Å². The quantitative estimate of drug-likeness (QED) is 0.751. The van der Waals surface area contributed by atoms with E-state index in [1.807, 2.05) is 23.3 Å². The van der Waals surface area contributed by atoms with Crippen molar-refractivity contribution in [2.45, 2.75) is 51.2 Å². The molecule has 5 heterocycles. The van der Waals surface area contributed by atoms with Gasteiger partial charge in [0.05, 0.1) is 12.2 Å². The maximum atomic E-state index is 12.6. The third-order valence-corrected chi connectivity index (χ3v) is 8.57. The van der Waals surface area contributed by atoms with Crippen molar-refractivity contribution >= 4 is 17.2 Å². The van der Waals surface area contributed by atoms with Crippen LogP contribution in [-0.2, 0) is 30.2 Å². The van der Waals surface area contributed by atoms with Gasteiger partial charge in [-0.3, -0.25) is 9.48 Å². The highest BCUT2D eigenvalue weighted by Gasteiger charge is 2.45. The summed E-state index contributed by atoms with van der Waals surface area (Å²) >= 11 is 1.99. The van der Waals surface area contributed by atoms with Crippen LogP contribution in [0.2, 0.25) is 0 Å². The van der Waals surface area contributed by atoms with E-state index in [-0.39, 0.29) is 11.5 Å². The van der Waals surface area contributed by atoms with Crippen LogP contribution in [0.5, 0.6) is 0 Å². The molecular formula is C23H32N4O2S. The molecule has 30 heavy (non-hydrogen) atoms. The molecule has 2 fully saturated rings. The number of hydrogen-bond acceptors (Lipinski definition) is 5. The summed E-state index contributed by atoms with van der Waals surface area (Å²) < 4.78 is 8.14. The lowest BCUT2D eigenvalue weighted by Gasteiger charge is -2.49. The van der Waals surface area contributed by atoms with Crippen LogP contribution >= 0.6 is 11.3 Å². The molecular weight excluding hydrogens is 396 g/mol. The molecule has 2 aromatic heterocycles. The molecule has 0 bridgehead atoms. The Labute approximate surface area is 182 Å². The van der Waals surface area contributed by atoms with Crippen LogP contribution in [0.25, 0.3) is 0 Å². The lowest BCUT2D eigenvalue weighted by atomic mass is 9.79. The Balaban J connectivity index is 1.19. The first-order valence-electron chi connectivity index (χ1n) is 11.3. The summed E-state index contributed by atoms with van der Waals surface area (Å²) in [4.78, 5) is 20.2. The summed E-state index contributed by atoms with van der Waals surface area (Å²) in [7, 11) is 1.82. The molecule has 1 spiro atoms. The van der Waals surface area contributed by atoms with Gasteiger partial charge in [0.15, 0.2) is 0 Å². The van der Waals surface area contributed by atoms with Crippen LogP contribution in [0.1, 0.15) is 52.5 Å². The van der Waals surface area contributed by atoms with E-state index in [9.17, 15) is 4.79 Å². The van der Waals surface area contributed by atoms with Crippen molar-refractivity contribution in [3.05, 3.63) is 39.3 Å². The predicted octanol–water partition coefficient (Wildman–Crippen LogP) is 3.07. The van der Waals surface area contributed by atoms with Gasteiger partial charge in [-0.1, -0.05) is 6.92 Å². The number of likely N-dealkylation sites (tertiary alicyclic amines) is 2. The number of aryl methyl sites for hydroxylation is 2. The molecule has 0 aliphatic carbocycles. The summed E-state index contributed by atoms with van der Waals surface area (Å²) in [5.41, 5.74) is 2.09. The largest absolute Gasteiger partial charge is 0.370 e. The number of fused-ring (bicyclic) bond motifs is 2. The van der Waals surface area contributed by atoms with Crippen molar-refractivity contribution < 1.29 is 9.53 Å². The van der Waals surface area contributed by atoms with Gasteiger partial charge in [0, 0.05) is 67.6 Å². The molecule has 2 aromatic rings. The fraction of sp³-hybridized carbons (Fsp3) is 0.652. The van der Waals surface area contributed by atoms with Gasteiger partial charge in [0.2, 0.25) is 0 Å². The third kappa shape index (κ3) is 3.41. The molecule has 5 rings (SSSR count). The minimum absolute atomic E-state index is 0.0748. The van der Waals surface area contributed by atoms with Crippen LogP contribution in [-0.4, -0.2) is 64.3 Å². The fourth-order valence-corrected chi connectivity index (χ4v) is 6.65. The maximum absolute atomic E-state index is 12.6. The van der Waals surface area contributed by atoms with Gasteiger partial charge in [0.25, 0.3) is 5.91 Å². The minimum Gasteiger partial charge on any atom is -0.370 e. The van der Waals surface area contributed by atoms with Crippen LogP contribution in [0.3, 0.4) is 0 Å². The Hall–Kier alpha value is -1.70. The van der Waals surface area contributed by atoms with Crippen molar-refractivity contribution in [1.82, 2.24) is 19.6 Å². The first-order chi connectivity index (χ1) is 14.5. The highest BCUT2D eigenvalue weighted by molar-refractivity contribution is 7.12. The summed E-state index contributed by atoms with van der Waals surface area (Å²) in [6, 6.07) is 4.72. The number of rotatable bonds is 4. The average molecular weight is 429 g/mol. The summed E-state index contributed by atoms with van der Waals surface area (Å²) in [6.45, 7) is 9.30. The number of nitrogens with zero attached hydrogens (tertiary/aromatic N) is 4. The molecule has 0 saturated carbocycles. The van der Waals surface area contributed by atoms with Crippen molar-refractivity contribution in [1.29, 1.82) is 0 Å². The van der Waals surface area contributed by atoms with Crippen LogP contribution in [0.4, 0.5) is 0 Å². The Morgan fingerprint density at radius 1 is 1.40 bits per heavy atom. The van der Waals surface area contributed by atoms with Gasteiger partial charge < -0.3 is 14.5 Å². The van der Waals surface area contributed by atoms with E-state index < -0.39 is 0 Å². The molecule has 0 N–H and O–H groups in total. The number of hydrogen-bond donors (Lipinski definition) is 0. The number of carbonyl (C=O) groups is 1. The van der Waals surface area contributed by atoms with Crippen LogP contribution in [0, 0.1) is 5.92 Å². The Morgan fingerprint density at radius 2 is 2.23 bits per heavy atom. The second-order valence-corrected chi connectivity index (χ2v) is 10.4. The van der Waals surface area contributed by atoms with Gasteiger partial charge in [-0.2, -0.15) is 5.10 Å². The normalized spacial score (nSPS) is 27.3. The molecule has 7 heteroatoms. The molecule has 0 aromatic carbocycles. The Morgan fingerprint density at radius 3 is 2.93 bits per heavy atom. The van der Waals surface area contributed by atoms with Gasteiger partial charge in [-0.15, -0.1) is 11.3 Å². The number of aromatic nitrogens is 2. The number of piperidine rings is 1. The molecule has 1 unspecified atom stereocenters. The molecule has 2 atom stereocenters. The molecule has 162 valence electrons. The molecule has 3 aliphatic heterocycles. The van der Waals surface area contributed by atoms with E-state index in [0.717, 1.165) is 58.5 Å². The lowest BCUT2D eigenvalue weighted by molar-refractivity contribution is -0.114. The molecule has 2 saturated heterocycles. The summed E-state index contributed by atoms with van der Waals surface area (Å²) in [5, 5.41) is 4.12. The lowest BCUT2D eigenvalue weighted by Crippen LogP contribution is -2.57. The number of thiophene rings is 1. The van der Waals surface area contributed by atoms with Crippen LogP contribution < -0.4 is 0 Å². The second-order valence-electron chi connectivity index (χ2n) is 9.21. The fourth-order valence-electron chi connectivity index (χ4n) is 5.47. The summed E-state index contributed by atoms with van der Waals surface area (Å²) in [5.74, 6) is 0.665. The topological polar surface area (TPSA) is 50.6 Å². The number of ether oxygens (including phenoxy) is 1. The highest BCUT2D eigenvalue weighted by Crippen LogP contribution is 2.46. The molecule has 0 radical (unpaired) electrons. The van der Waals surface area contributed by atoms with E-state index in [2.05, 4.69) is 29.9 Å². The highest BCUT2D eigenvalue weighted by atomic mass is 32.1. The van der Waals surface area contributed by atoms with Crippen LogP contribution in [0.15, 0.2) is 18.3 Å². The third-order valence-electron chi connectivity index (χ3n) is 7.24.